The van der Waals surface area contributed by atoms with Gasteiger partial charge in [0.25, 0.3) is 0 Å². The molecule has 2 N–H and O–H groups in total. The maximum absolute atomic E-state index is 12.2. The van der Waals surface area contributed by atoms with Gasteiger partial charge in [-0.2, -0.15) is 0 Å². The Morgan fingerprint density at radius 3 is 2.32 bits per heavy atom. The number of rotatable bonds is 1. The number of benzene rings is 1. The van der Waals surface area contributed by atoms with Crippen molar-refractivity contribution >= 4 is 30.7 Å². The summed E-state index contributed by atoms with van der Waals surface area (Å²) >= 11 is 0. The standard InChI is InChI=1S/C14H18N2O.2ClH/c17-13-14(6-8-15-9-7-14)10-12(16-13)11-4-2-1-3-5-11;;/h1-5,12,15H,6-10H2,(H,16,17);2*1H. The van der Waals surface area contributed by atoms with Gasteiger partial charge in [-0.15, -0.1) is 24.8 Å². The van der Waals surface area contributed by atoms with E-state index in [4.69, 9.17) is 0 Å². The third kappa shape index (κ3) is 3.04. The number of halogens is 2. The molecule has 1 aromatic rings. The third-order valence-corrected chi connectivity index (χ3v) is 4.14. The van der Waals surface area contributed by atoms with Crippen LogP contribution in [0.15, 0.2) is 30.3 Å². The Morgan fingerprint density at radius 1 is 1.05 bits per heavy atom. The molecule has 0 saturated carbocycles. The Bertz CT molecular complexity index is 419. The summed E-state index contributed by atoms with van der Waals surface area (Å²) < 4.78 is 0. The van der Waals surface area contributed by atoms with E-state index in [1.807, 2.05) is 18.2 Å². The Labute approximate surface area is 126 Å². The number of piperidine rings is 1. The van der Waals surface area contributed by atoms with E-state index in [1.165, 1.54) is 5.56 Å². The predicted molar refractivity (Wildman–Crippen MR) is 81.0 cm³/mol. The highest BCUT2D eigenvalue weighted by atomic mass is 35.5. The predicted octanol–water partition coefficient (Wildman–Crippen LogP) is 2.46. The van der Waals surface area contributed by atoms with Crippen LogP contribution in [-0.4, -0.2) is 19.0 Å². The minimum atomic E-state index is -0.105. The van der Waals surface area contributed by atoms with E-state index < -0.39 is 0 Å². The van der Waals surface area contributed by atoms with Crippen LogP contribution in [0, 0.1) is 5.41 Å². The first-order valence-corrected chi connectivity index (χ1v) is 6.37. The van der Waals surface area contributed by atoms with E-state index in [-0.39, 0.29) is 42.2 Å². The van der Waals surface area contributed by atoms with Crippen molar-refractivity contribution in [2.24, 2.45) is 5.41 Å². The zero-order valence-corrected chi connectivity index (χ0v) is 12.4. The SMILES string of the molecule is Cl.Cl.O=C1NC(c2ccccc2)CC12CCNCC2. The smallest absolute Gasteiger partial charge is 0.226 e. The fraction of sp³-hybridized carbons (Fsp3) is 0.500. The summed E-state index contributed by atoms with van der Waals surface area (Å²) in [5, 5.41) is 6.50. The van der Waals surface area contributed by atoms with Gasteiger partial charge in [0.15, 0.2) is 0 Å². The van der Waals surface area contributed by atoms with Gasteiger partial charge in [0, 0.05) is 0 Å². The molecule has 19 heavy (non-hydrogen) atoms. The average molecular weight is 303 g/mol. The van der Waals surface area contributed by atoms with Crippen LogP contribution in [0.2, 0.25) is 0 Å². The Kier molecular flexibility index (Phi) is 5.65. The lowest BCUT2D eigenvalue weighted by Crippen LogP contribution is -2.41. The van der Waals surface area contributed by atoms with Gasteiger partial charge in [0.1, 0.15) is 0 Å². The first-order valence-electron chi connectivity index (χ1n) is 6.37. The average Bonchev–Trinajstić information content (AvgIpc) is 2.69. The highest BCUT2D eigenvalue weighted by molar-refractivity contribution is 5.86. The second-order valence-corrected chi connectivity index (χ2v) is 5.17. The van der Waals surface area contributed by atoms with Crippen LogP contribution in [0.1, 0.15) is 30.9 Å². The summed E-state index contributed by atoms with van der Waals surface area (Å²) in [6.07, 6.45) is 2.90. The van der Waals surface area contributed by atoms with E-state index in [9.17, 15) is 4.79 Å². The fourth-order valence-corrected chi connectivity index (χ4v) is 3.07. The minimum Gasteiger partial charge on any atom is -0.349 e. The highest BCUT2D eigenvalue weighted by Gasteiger charge is 2.47. The van der Waals surface area contributed by atoms with Gasteiger partial charge in [0.2, 0.25) is 5.91 Å². The van der Waals surface area contributed by atoms with Crippen molar-refractivity contribution in [1.29, 1.82) is 0 Å². The number of hydrogen-bond donors (Lipinski definition) is 2. The van der Waals surface area contributed by atoms with Gasteiger partial charge < -0.3 is 10.6 Å². The van der Waals surface area contributed by atoms with Crippen LogP contribution >= 0.6 is 24.8 Å². The van der Waals surface area contributed by atoms with Crippen molar-refractivity contribution < 1.29 is 4.79 Å². The Morgan fingerprint density at radius 2 is 1.68 bits per heavy atom. The molecule has 106 valence electrons. The van der Waals surface area contributed by atoms with E-state index >= 15 is 0 Å². The van der Waals surface area contributed by atoms with Crippen LogP contribution < -0.4 is 10.6 Å². The molecule has 2 aliphatic rings. The minimum absolute atomic E-state index is 0. The zero-order valence-electron chi connectivity index (χ0n) is 10.7. The molecule has 0 radical (unpaired) electrons. The van der Waals surface area contributed by atoms with E-state index in [1.54, 1.807) is 0 Å². The fourth-order valence-electron chi connectivity index (χ4n) is 3.07. The van der Waals surface area contributed by atoms with Crippen LogP contribution in [0.5, 0.6) is 0 Å². The van der Waals surface area contributed by atoms with Gasteiger partial charge >= 0.3 is 0 Å². The molecule has 0 aromatic heterocycles. The number of hydrogen-bond acceptors (Lipinski definition) is 2. The summed E-state index contributed by atoms with van der Waals surface area (Å²) in [4.78, 5) is 12.2. The molecule has 0 aliphatic carbocycles. The molecule has 1 amide bonds. The second-order valence-electron chi connectivity index (χ2n) is 5.17. The first kappa shape index (κ1) is 16.3. The summed E-state index contributed by atoms with van der Waals surface area (Å²) in [5.74, 6) is 0.257. The van der Waals surface area contributed by atoms with Crippen LogP contribution in [0.3, 0.4) is 0 Å². The largest absolute Gasteiger partial charge is 0.349 e. The second kappa shape index (κ2) is 6.60. The van der Waals surface area contributed by atoms with Gasteiger partial charge in [-0.3, -0.25) is 4.79 Å². The topological polar surface area (TPSA) is 41.1 Å². The molecule has 1 spiro atoms. The van der Waals surface area contributed by atoms with Gasteiger partial charge in [-0.1, -0.05) is 30.3 Å². The maximum atomic E-state index is 12.2. The molecule has 3 nitrogen and oxygen atoms in total. The lowest BCUT2D eigenvalue weighted by molar-refractivity contribution is -0.128. The summed E-state index contributed by atoms with van der Waals surface area (Å²) in [5.41, 5.74) is 1.13. The molecule has 2 saturated heterocycles. The van der Waals surface area contributed by atoms with Crippen LogP contribution in [0.4, 0.5) is 0 Å². The van der Waals surface area contributed by atoms with Gasteiger partial charge in [-0.25, -0.2) is 0 Å². The molecule has 5 heteroatoms. The van der Waals surface area contributed by atoms with Crippen molar-refractivity contribution in [1.82, 2.24) is 10.6 Å². The number of nitrogens with one attached hydrogen (secondary N) is 2. The molecular formula is C14H20Cl2N2O. The highest BCUT2D eigenvalue weighted by Crippen LogP contribution is 2.43. The van der Waals surface area contributed by atoms with Crippen molar-refractivity contribution in [2.75, 3.05) is 13.1 Å². The molecular weight excluding hydrogens is 283 g/mol. The number of amides is 1. The first-order chi connectivity index (χ1) is 8.30. The molecule has 2 fully saturated rings. The van der Waals surface area contributed by atoms with Crippen molar-refractivity contribution in [3.05, 3.63) is 35.9 Å². The Hall–Kier alpha value is -0.770. The van der Waals surface area contributed by atoms with E-state index in [0.717, 1.165) is 32.4 Å². The van der Waals surface area contributed by atoms with Crippen molar-refractivity contribution in [2.45, 2.75) is 25.3 Å². The monoisotopic (exact) mass is 302 g/mol. The van der Waals surface area contributed by atoms with Gasteiger partial charge in [0.05, 0.1) is 11.5 Å². The number of carbonyl (C=O) groups is 1. The van der Waals surface area contributed by atoms with Gasteiger partial charge in [-0.05, 0) is 37.9 Å². The molecule has 1 aromatic carbocycles. The molecule has 3 rings (SSSR count). The summed E-state index contributed by atoms with van der Waals surface area (Å²) in [6, 6.07) is 10.5. The van der Waals surface area contributed by atoms with Crippen LogP contribution in [-0.2, 0) is 4.79 Å². The maximum Gasteiger partial charge on any atom is 0.226 e. The lowest BCUT2D eigenvalue weighted by Gasteiger charge is -2.30. The number of carbonyl (C=O) groups excluding carboxylic acids is 1. The summed E-state index contributed by atoms with van der Waals surface area (Å²) in [6.45, 7) is 1.93. The molecule has 1 unspecified atom stereocenters. The summed E-state index contributed by atoms with van der Waals surface area (Å²) in [7, 11) is 0. The normalized spacial score (nSPS) is 24.2. The van der Waals surface area contributed by atoms with Crippen molar-refractivity contribution in [3.8, 4) is 0 Å². The molecule has 1 atom stereocenters. The lowest BCUT2D eigenvalue weighted by atomic mass is 9.76. The van der Waals surface area contributed by atoms with E-state index in [2.05, 4.69) is 22.8 Å². The zero-order chi connectivity index (χ0) is 11.7. The van der Waals surface area contributed by atoms with E-state index in [0.29, 0.717) is 0 Å². The third-order valence-electron chi connectivity index (χ3n) is 4.14. The quantitative estimate of drug-likeness (QED) is 0.837. The molecule has 0 bridgehead atoms. The van der Waals surface area contributed by atoms with Crippen LogP contribution in [0.25, 0.3) is 0 Å². The molecule has 2 heterocycles. The van der Waals surface area contributed by atoms with Crippen molar-refractivity contribution in [3.63, 3.8) is 0 Å². The Balaban J connectivity index is 0.000000902. The molecule has 2 aliphatic heterocycles.